The van der Waals surface area contributed by atoms with Crippen molar-refractivity contribution in [1.29, 1.82) is 0 Å². The number of likely N-dealkylation sites (tertiary alicyclic amines) is 1. The molecule has 0 bridgehead atoms. The zero-order valence-electron chi connectivity index (χ0n) is 29.3. The molecule has 1 aromatic heterocycles. The Balaban J connectivity index is 1.17. The zero-order valence-corrected chi connectivity index (χ0v) is 30.1. The molecule has 2 heterocycles. The molecule has 270 valence electrons. The minimum absolute atomic E-state index is 0.00207. The van der Waals surface area contributed by atoms with Gasteiger partial charge in [0.25, 0.3) is 0 Å². The molecular formula is C37H49N5O7S. The third-order valence-electron chi connectivity index (χ3n) is 8.33. The highest BCUT2D eigenvalue weighted by molar-refractivity contribution is 7.13. The highest BCUT2D eigenvalue weighted by Gasteiger charge is 2.44. The Morgan fingerprint density at radius 3 is 2.30 bits per heavy atom. The topological polar surface area (TPSA) is 159 Å². The highest BCUT2D eigenvalue weighted by atomic mass is 32.1. The van der Waals surface area contributed by atoms with Crippen molar-refractivity contribution in [2.75, 3.05) is 39.5 Å². The number of carbonyl (C=O) groups excluding carboxylic acids is 4. The van der Waals surface area contributed by atoms with Crippen LogP contribution in [-0.4, -0.2) is 96.3 Å². The van der Waals surface area contributed by atoms with Gasteiger partial charge in [0, 0.05) is 32.5 Å². The van der Waals surface area contributed by atoms with Crippen LogP contribution >= 0.6 is 11.3 Å². The lowest BCUT2D eigenvalue weighted by molar-refractivity contribution is -0.144. The quantitative estimate of drug-likeness (QED) is 0.156. The molecule has 4 amide bonds. The van der Waals surface area contributed by atoms with Crippen LogP contribution in [0.4, 0.5) is 0 Å². The maximum Gasteiger partial charge on any atom is 0.246 e. The first kappa shape index (κ1) is 38.6. The summed E-state index contributed by atoms with van der Waals surface area (Å²) in [5.41, 5.74) is 5.02. The van der Waals surface area contributed by atoms with Gasteiger partial charge in [-0.1, -0.05) is 75.4 Å². The predicted molar refractivity (Wildman–Crippen MR) is 191 cm³/mol. The molecule has 2 aromatic carbocycles. The predicted octanol–water partition coefficient (Wildman–Crippen LogP) is 3.01. The average Bonchev–Trinajstić information content (AvgIpc) is 3.70. The zero-order chi connectivity index (χ0) is 36.1. The number of hydrogen-bond donors (Lipinski definition) is 4. The van der Waals surface area contributed by atoms with E-state index in [1.165, 1.54) is 4.90 Å². The van der Waals surface area contributed by atoms with E-state index in [9.17, 15) is 24.3 Å². The fourth-order valence-electron chi connectivity index (χ4n) is 5.61. The summed E-state index contributed by atoms with van der Waals surface area (Å²) >= 11 is 1.57. The van der Waals surface area contributed by atoms with Crippen molar-refractivity contribution in [3.8, 4) is 10.4 Å². The molecule has 3 aromatic rings. The number of nitrogens with zero attached hydrogens (tertiary/aromatic N) is 2. The van der Waals surface area contributed by atoms with E-state index < -0.39 is 29.5 Å². The summed E-state index contributed by atoms with van der Waals surface area (Å²) in [6, 6.07) is 15.6. The van der Waals surface area contributed by atoms with Gasteiger partial charge in [-0.15, -0.1) is 11.3 Å². The lowest BCUT2D eigenvalue weighted by Crippen LogP contribution is -2.57. The van der Waals surface area contributed by atoms with Gasteiger partial charge in [-0.3, -0.25) is 19.2 Å². The number of benzene rings is 2. The summed E-state index contributed by atoms with van der Waals surface area (Å²) in [7, 11) is 0. The van der Waals surface area contributed by atoms with Gasteiger partial charge >= 0.3 is 0 Å². The molecule has 1 fully saturated rings. The van der Waals surface area contributed by atoms with Crippen molar-refractivity contribution in [2.24, 2.45) is 5.41 Å². The second kappa shape index (κ2) is 18.7. The summed E-state index contributed by atoms with van der Waals surface area (Å²) in [4.78, 5) is 58.8. The Morgan fingerprint density at radius 2 is 1.64 bits per heavy atom. The van der Waals surface area contributed by atoms with E-state index in [1.807, 2.05) is 87.8 Å². The molecule has 12 nitrogen and oxygen atoms in total. The normalized spacial score (nSPS) is 16.5. The molecule has 0 spiro atoms. The summed E-state index contributed by atoms with van der Waals surface area (Å²) < 4.78 is 11.0. The summed E-state index contributed by atoms with van der Waals surface area (Å²) in [6.07, 6.45) is -0.395. The minimum Gasteiger partial charge on any atom is -0.391 e. The average molecular weight is 708 g/mol. The fourth-order valence-corrected chi connectivity index (χ4v) is 6.42. The smallest absolute Gasteiger partial charge is 0.246 e. The number of β-amino-alcohol motifs (C(OH)–C–C–N with tert-alkyl or cyclic N) is 1. The second-order valence-electron chi connectivity index (χ2n) is 13.4. The number of carbonyl (C=O) groups is 4. The highest BCUT2D eigenvalue weighted by Crippen LogP contribution is 2.28. The first-order chi connectivity index (χ1) is 23.9. The monoisotopic (exact) mass is 707 g/mol. The van der Waals surface area contributed by atoms with E-state index in [0.717, 1.165) is 27.3 Å². The lowest BCUT2D eigenvalue weighted by atomic mass is 9.85. The van der Waals surface area contributed by atoms with Gasteiger partial charge in [0.2, 0.25) is 23.6 Å². The Bertz CT molecular complexity index is 1560. The van der Waals surface area contributed by atoms with E-state index in [0.29, 0.717) is 26.2 Å². The minimum atomic E-state index is -0.918. The van der Waals surface area contributed by atoms with Crippen LogP contribution in [0.2, 0.25) is 0 Å². The van der Waals surface area contributed by atoms with Crippen LogP contribution in [0, 0.1) is 12.3 Å². The number of aromatic nitrogens is 1. The number of thiazole rings is 1. The van der Waals surface area contributed by atoms with E-state index in [1.54, 1.807) is 11.3 Å². The van der Waals surface area contributed by atoms with Gasteiger partial charge in [-0.25, -0.2) is 4.98 Å². The number of rotatable bonds is 17. The van der Waals surface area contributed by atoms with Gasteiger partial charge in [-0.2, -0.15) is 0 Å². The van der Waals surface area contributed by atoms with Crippen molar-refractivity contribution in [3.63, 3.8) is 0 Å². The standard InChI is InChI=1S/C37H49N5O7S/c1-25-33(50-24-40-25)28-12-10-27(11-13-28)22-39-35(46)30-21-29(43)23-42(30)36(47)34(37(2,3)4)41-31(44)14-16-48-18-19-49-17-15-38-32(45)20-26-8-6-5-7-9-26/h5-13,24,29-30,34,43H,14-23H2,1-4H3,(H,38,45)(H,39,46)(H,41,44). The summed E-state index contributed by atoms with van der Waals surface area (Å²) in [6.45, 7) is 9.18. The number of aryl methyl sites for hydroxylation is 1. The van der Waals surface area contributed by atoms with E-state index >= 15 is 0 Å². The van der Waals surface area contributed by atoms with E-state index in [4.69, 9.17) is 9.47 Å². The largest absolute Gasteiger partial charge is 0.391 e. The van der Waals surface area contributed by atoms with Crippen LogP contribution in [0.5, 0.6) is 0 Å². The Hall–Kier alpha value is -4.17. The Labute approximate surface area is 298 Å². The summed E-state index contributed by atoms with van der Waals surface area (Å²) in [5.74, 6) is -1.22. The molecule has 3 atom stereocenters. The number of amides is 4. The molecule has 3 unspecified atom stereocenters. The van der Waals surface area contributed by atoms with Gasteiger partial charge in [0.05, 0.1) is 55.0 Å². The van der Waals surface area contributed by atoms with Crippen molar-refractivity contribution < 1.29 is 33.8 Å². The molecular weight excluding hydrogens is 659 g/mol. The van der Waals surface area contributed by atoms with Crippen molar-refractivity contribution in [3.05, 3.63) is 76.9 Å². The van der Waals surface area contributed by atoms with Crippen LogP contribution in [0.1, 0.15) is 50.4 Å². The SMILES string of the molecule is Cc1ncsc1-c1ccc(CNC(=O)C2CC(O)CN2C(=O)C(NC(=O)CCOCCOCCNC(=O)Cc2ccccc2)C(C)(C)C)cc1. The molecule has 0 radical (unpaired) electrons. The number of ether oxygens (including phenoxy) is 2. The molecule has 4 N–H and O–H groups in total. The first-order valence-electron chi connectivity index (χ1n) is 16.9. The van der Waals surface area contributed by atoms with Crippen molar-refractivity contribution >= 4 is 35.0 Å². The van der Waals surface area contributed by atoms with Gasteiger partial charge in [-0.05, 0) is 29.0 Å². The molecule has 50 heavy (non-hydrogen) atoms. The maximum absolute atomic E-state index is 13.8. The molecule has 0 aliphatic carbocycles. The van der Waals surface area contributed by atoms with Gasteiger partial charge < -0.3 is 35.4 Å². The Morgan fingerprint density at radius 1 is 0.940 bits per heavy atom. The van der Waals surface area contributed by atoms with Crippen molar-refractivity contribution in [1.82, 2.24) is 25.8 Å². The third-order valence-corrected chi connectivity index (χ3v) is 9.31. The van der Waals surface area contributed by atoms with Crippen LogP contribution < -0.4 is 16.0 Å². The fraction of sp³-hybridized carbons (Fsp3) is 0.486. The van der Waals surface area contributed by atoms with E-state index in [-0.39, 0.29) is 56.9 Å². The molecule has 1 aliphatic heterocycles. The van der Waals surface area contributed by atoms with Crippen molar-refractivity contribution in [2.45, 2.75) is 71.7 Å². The van der Waals surface area contributed by atoms with Crippen LogP contribution in [0.3, 0.4) is 0 Å². The number of hydrogen-bond acceptors (Lipinski definition) is 9. The molecule has 1 saturated heterocycles. The number of aliphatic hydroxyl groups excluding tert-OH is 1. The molecule has 1 aliphatic rings. The lowest BCUT2D eigenvalue weighted by Gasteiger charge is -2.35. The van der Waals surface area contributed by atoms with Gasteiger partial charge in [0.1, 0.15) is 12.1 Å². The number of nitrogens with one attached hydrogen (secondary N) is 3. The van der Waals surface area contributed by atoms with Gasteiger partial charge in [0.15, 0.2) is 0 Å². The third kappa shape index (κ3) is 11.7. The Kier molecular flexibility index (Phi) is 14.5. The van der Waals surface area contributed by atoms with Crippen LogP contribution in [-0.2, 0) is 41.6 Å². The molecule has 4 rings (SSSR count). The van der Waals surface area contributed by atoms with Crippen LogP contribution in [0.15, 0.2) is 60.1 Å². The first-order valence-corrected chi connectivity index (χ1v) is 17.8. The number of aliphatic hydroxyl groups is 1. The second-order valence-corrected chi connectivity index (χ2v) is 14.3. The summed E-state index contributed by atoms with van der Waals surface area (Å²) in [5, 5.41) is 19.0. The molecule has 0 saturated carbocycles. The van der Waals surface area contributed by atoms with E-state index in [2.05, 4.69) is 20.9 Å². The maximum atomic E-state index is 13.8. The van der Waals surface area contributed by atoms with Crippen LogP contribution in [0.25, 0.3) is 10.4 Å². The molecule has 13 heteroatoms.